The second-order valence-corrected chi connectivity index (χ2v) is 9.12. The quantitative estimate of drug-likeness (QED) is 0.800. The first-order valence-electron chi connectivity index (χ1n) is 10.5. The van der Waals surface area contributed by atoms with Crippen LogP contribution < -0.4 is 5.32 Å². The molecule has 0 spiro atoms. The lowest BCUT2D eigenvalue weighted by Gasteiger charge is -2.41. The predicted molar refractivity (Wildman–Crippen MR) is 116 cm³/mol. The van der Waals surface area contributed by atoms with Crippen LogP contribution in [0.2, 0.25) is 0 Å². The zero-order valence-corrected chi connectivity index (χ0v) is 18.3. The summed E-state index contributed by atoms with van der Waals surface area (Å²) in [5.41, 5.74) is 1.08. The van der Waals surface area contributed by atoms with Gasteiger partial charge in [0.25, 0.3) is 5.91 Å². The van der Waals surface area contributed by atoms with Crippen LogP contribution in [-0.4, -0.2) is 68.2 Å². The molecule has 0 saturated carbocycles. The Morgan fingerprint density at radius 2 is 1.83 bits per heavy atom. The fourth-order valence-electron chi connectivity index (χ4n) is 4.87. The number of rotatable bonds is 3. The van der Waals surface area contributed by atoms with Crippen LogP contribution in [0.1, 0.15) is 46.8 Å². The van der Waals surface area contributed by atoms with E-state index in [-0.39, 0.29) is 17.8 Å². The number of hydrogen-bond acceptors (Lipinski definition) is 5. The molecule has 0 unspecified atom stereocenters. The predicted octanol–water partition coefficient (Wildman–Crippen LogP) is 3.81. The largest absolute Gasteiger partial charge is 0.453 e. The molecular weight excluding hydrogens is 405 g/mol. The zero-order chi connectivity index (χ0) is 21.3. The molecule has 2 saturated heterocycles. The van der Waals surface area contributed by atoms with Gasteiger partial charge < -0.3 is 19.9 Å². The van der Waals surface area contributed by atoms with E-state index in [4.69, 9.17) is 4.74 Å². The molecule has 2 fully saturated rings. The van der Waals surface area contributed by atoms with Crippen molar-refractivity contribution in [1.29, 1.82) is 0 Å². The molecule has 0 aliphatic carbocycles. The van der Waals surface area contributed by atoms with Gasteiger partial charge in [-0.25, -0.2) is 9.18 Å². The van der Waals surface area contributed by atoms with Crippen molar-refractivity contribution in [3.63, 3.8) is 0 Å². The van der Waals surface area contributed by atoms with Gasteiger partial charge in [0.1, 0.15) is 5.82 Å². The summed E-state index contributed by atoms with van der Waals surface area (Å²) < 4.78 is 19.4. The van der Waals surface area contributed by atoms with Crippen LogP contribution in [0.3, 0.4) is 0 Å². The number of ether oxygens (including phenoxy) is 1. The van der Waals surface area contributed by atoms with Gasteiger partial charge in [0.05, 0.1) is 12.0 Å². The Balaban J connectivity index is 1.46. The van der Waals surface area contributed by atoms with Crippen LogP contribution in [0.5, 0.6) is 0 Å². The van der Waals surface area contributed by atoms with E-state index in [1.54, 1.807) is 11.9 Å². The lowest BCUT2D eigenvalue weighted by molar-refractivity contribution is 0.0732. The fraction of sp³-hybridized carbons (Fsp3) is 0.545. The first kappa shape index (κ1) is 21.1. The van der Waals surface area contributed by atoms with Gasteiger partial charge >= 0.3 is 6.09 Å². The number of piperidine rings is 2. The molecule has 2 aliphatic heterocycles. The Labute approximate surface area is 180 Å². The van der Waals surface area contributed by atoms with Crippen molar-refractivity contribution in [3.8, 4) is 0 Å². The molecule has 4 rings (SSSR count). The minimum atomic E-state index is -0.271. The van der Waals surface area contributed by atoms with E-state index in [9.17, 15) is 14.0 Å². The third-order valence-corrected chi connectivity index (χ3v) is 7.64. The number of likely N-dealkylation sites (tertiary alicyclic amines) is 2. The summed E-state index contributed by atoms with van der Waals surface area (Å²) in [4.78, 5) is 29.2. The summed E-state index contributed by atoms with van der Waals surface area (Å²) in [5.74, 6) is -0.0704. The van der Waals surface area contributed by atoms with Gasteiger partial charge in [-0.1, -0.05) is 6.07 Å². The maximum absolute atomic E-state index is 13.7. The zero-order valence-electron chi connectivity index (χ0n) is 17.4. The average molecular weight is 434 g/mol. The number of benzene rings is 1. The van der Waals surface area contributed by atoms with E-state index < -0.39 is 0 Å². The molecule has 6 nitrogen and oxygen atoms in total. The SMILES string of the molecule is CNC(=O)c1sc2cc(F)ccc2c1C1CCN(C2CCN(C(=O)OC)CC2)CC1. The lowest BCUT2D eigenvalue weighted by atomic mass is 9.86. The van der Waals surface area contributed by atoms with Crippen molar-refractivity contribution < 1.29 is 18.7 Å². The Bertz CT molecular complexity index is 931. The molecule has 3 heterocycles. The van der Waals surface area contributed by atoms with E-state index in [2.05, 4.69) is 10.2 Å². The highest BCUT2D eigenvalue weighted by atomic mass is 32.1. The minimum Gasteiger partial charge on any atom is -0.453 e. The van der Waals surface area contributed by atoms with E-state index in [1.807, 2.05) is 6.07 Å². The minimum absolute atomic E-state index is 0.0933. The highest BCUT2D eigenvalue weighted by molar-refractivity contribution is 7.21. The number of nitrogens with one attached hydrogen (secondary N) is 1. The van der Waals surface area contributed by atoms with Crippen molar-refractivity contribution >= 4 is 33.4 Å². The third kappa shape index (κ3) is 4.03. The Hall–Kier alpha value is -2.19. The maximum Gasteiger partial charge on any atom is 0.409 e. The van der Waals surface area contributed by atoms with Gasteiger partial charge in [-0.2, -0.15) is 0 Å². The average Bonchev–Trinajstić information content (AvgIpc) is 3.16. The monoisotopic (exact) mass is 433 g/mol. The first-order valence-corrected chi connectivity index (χ1v) is 11.3. The van der Waals surface area contributed by atoms with Crippen LogP contribution >= 0.6 is 11.3 Å². The summed E-state index contributed by atoms with van der Waals surface area (Å²) in [6.07, 6.45) is 3.64. The fourth-order valence-corrected chi connectivity index (χ4v) is 6.13. The van der Waals surface area contributed by atoms with Crippen molar-refractivity contribution in [2.24, 2.45) is 0 Å². The Morgan fingerprint density at radius 1 is 1.13 bits per heavy atom. The van der Waals surface area contributed by atoms with Crippen LogP contribution in [0.25, 0.3) is 10.1 Å². The number of carbonyl (C=O) groups is 2. The van der Waals surface area contributed by atoms with Crippen LogP contribution in [0, 0.1) is 5.82 Å². The molecule has 0 bridgehead atoms. The molecule has 0 radical (unpaired) electrons. The van der Waals surface area contributed by atoms with E-state index in [0.717, 1.165) is 67.5 Å². The van der Waals surface area contributed by atoms with Gasteiger partial charge in [-0.15, -0.1) is 11.3 Å². The highest BCUT2D eigenvalue weighted by Crippen LogP contribution is 2.41. The topological polar surface area (TPSA) is 61.9 Å². The summed E-state index contributed by atoms with van der Waals surface area (Å²) in [5, 5.41) is 3.74. The molecule has 8 heteroatoms. The molecule has 0 atom stereocenters. The Kier molecular flexibility index (Phi) is 6.24. The standard InChI is InChI=1S/C22H28FN3O3S/c1-24-21(27)20-19(17-4-3-15(23)13-18(17)30-20)14-5-9-25(10-6-14)16-7-11-26(12-8-16)22(28)29-2/h3-4,13-14,16H,5-12H2,1-2H3,(H,24,27). The number of nitrogens with zero attached hydrogens (tertiary/aromatic N) is 2. The second-order valence-electron chi connectivity index (χ2n) is 8.06. The Morgan fingerprint density at radius 3 is 2.47 bits per heavy atom. The van der Waals surface area contributed by atoms with Gasteiger partial charge in [0.15, 0.2) is 0 Å². The molecule has 2 aliphatic rings. The molecule has 1 aromatic carbocycles. The number of thiophene rings is 1. The van der Waals surface area contributed by atoms with E-state index >= 15 is 0 Å². The van der Waals surface area contributed by atoms with E-state index in [0.29, 0.717) is 16.8 Å². The number of methoxy groups -OCH3 is 1. The van der Waals surface area contributed by atoms with Gasteiger partial charge in [-0.05, 0) is 67.8 Å². The first-order chi connectivity index (χ1) is 14.5. The third-order valence-electron chi connectivity index (χ3n) is 6.48. The molecule has 30 heavy (non-hydrogen) atoms. The number of fused-ring (bicyclic) bond motifs is 1. The van der Waals surface area contributed by atoms with Crippen molar-refractivity contribution in [2.45, 2.75) is 37.6 Å². The van der Waals surface area contributed by atoms with Crippen LogP contribution in [0.15, 0.2) is 18.2 Å². The van der Waals surface area contributed by atoms with Crippen molar-refractivity contribution in [2.75, 3.05) is 40.3 Å². The molecule has 1 N–H and O–H groups in total. The van der Waals surface area contributed by atoms with Crippen LogP contribution in [-0.2, 0) is 4.74 Å². The van der Waals surface area contributed by atoms with Gasteiger partial charge in [0, 0.05) is 30.9 Å². The smallest absolute Gasteiger partial charge is 0.409 e. The highest BCUT2D eigenvalue weighted by Gasteiger charge is 2.32. The van der Waals surface area contributed by atoms with Gasteiger partial charge in [-0.3, -0.25) is 4.79 Å². The summed E-state index contributed by atoms with van der Waals surface area (Å²) >= 11 is 1.38. The lowest BCUT2D eigenvalue weighted by Crippen LogP contribution is -2.48. The molecule has 2 aromatic rings. The molecule has 1 aromatic heterocycles. The number of amides is 2. The van der Waals surface area contributed by atoms with E-state index in [1.165, 1.54) is 30.6 Å². The molecule has 2 amide bonds. The number of carbonyl (C=O) groups excluding carboxylic acids is 2. The summed E-state index contributed by atoms with van der Waals surface area (Å²) in [6.45, 7) is 3.41. The van der Waals surface area contributed by atoms with Crippen molar-refractivity contribution in [1.82, 2.24) is 15.1 Å². The molecular formula is C22H28FN3O3S. The van der Waals surface area contributed by atoms with Crippen molar-refractivity contribution in [3.05, 3.63) is 34.5 Å². The normalized spacial score (nSPS) is 19.2. The maximum atomic E-state index is 13.7. The van der Waals surface area contributed by atoms with Crippen LogP contribution in [0.4, 0.5) is 9.18 Å². The molecule has 162 valence electrons. The van der Waals surface area contributed by atoms with Gasteiger partial charge in [0.2, 0.25) is 0 Å². The summed E-state index contributed by atoms with van der Waals surface area (Å²) in [6, 6.07) is 5.31. The summed E-state index contributed by atoms with van der Waals surface area (Å²) in [7, 11) is 3.06. The number of halogens is 1. The number of hydrogen-bond donors (Lipinski definition) is 1. The second kappa shape index (κ2) is 8.89.